The predicted molar refractivity (Wildman–Crippen MR) is 98.7 cm³/mol. The lowest BCUT2D eigenvalue weighted by molar-refractivity contribution is -0.123. The Kier molecular flexibility index (Phi) is 4.01. The van der Waals surface area contributed by atoms with Gasteiger partial charge in [-0.05, 0) is 40.2 Å². The van der Waals surface area contributed by atoms with Gasteiger partial charge in [0.05, 0.1) is 22.6 Å². The van der Waals surface area contributed by atoms with Crippen molar-refractivity contribution >= 4 is 44.5 Å². The van der Waals surface area contributed by atoms with Crippen LogP contribution in [-0.2, 0) is 9.59 Å². The maximum absolute atomic E-state index is 12.6. The van der Waals surface area contributed by atoms with E-state index in [1.807, 2.05) is 48.5 Å². The van der Waals surface area contributed by atoms with Crippen LogP contribution in [0, 0.1) is 5.92 Å². The van der Waals surface area contributed by atoms with Gasteiger partial charge in [-0.25, -0.2) is 9.66 Å². The third-order valence-corrected chi connectivity index (χ3v) is 4.99. The number of imidazole rings is 1. The summed E-state index contributed by atoms with van der Waals surface area (Å²) in [5.74, 6) is -0.644. The van der Waals surface area contributed by atoms with Crippen LogP contribution in [0.25, 0.3) is 11.0 Å². The van der Waals surface area contributed by atoms with Gasteiger partial charge in [-0.15, -0.1) is 0 Å². The molecular formula is C18H15BrN4O2. The summed E-state index contributed by atoms with van der Waals surface area (Å²) in [6.07, 6.45) is 1.77. The number of carbonyl (C=O) groups excluding carboxylic acids is 2. The Morgan fingerprint density at radius 3 is 2.76 bits per heavy atom. The fourth-order valence-electron chi connectivity index (χ4n) is 3.04. The molecule has 25 heavy (non-hydrogen) atoms. The highest BCUT2D eigenvalue weighted by Crippen LogP contribution is 2.31. The third kappa shape index (κ3) is 2.91. The van der Waals surface area contributed by atoms with E-state index >= 15 is 0 Å². The van der Waals surface area contributed by atoms with Gasteiger partial charge >= 0.3 is 0 Å². The van der Waals surface area contributed by atoms with Crippen LogP contribution in [0.5, 0.6) is 0 Å². The van der Waals surface area contributed by atoms with Gasteiger partial charge in [0.1, 0.15) is 6.33 Å². The van der Waals surface area contributed by atoms with Gasteiger partial charge in [-0.1, -0.05) is 24.3 Å². The minimum atomic E-state index is -0.402. The summed E-state index contributed by atoms with van der Waals surface area (Å²) in [5, 5.41) is 0. The van der Waals surface area contributed by atoms with Crippen molar-refractivity contribution in [2.45, 2.75) is 6.42 Å². The van der Waals surface area contributed by atoms with Gasteiger partial charge in [0.15, 0.2) is 0 Å². The Labute approximate surface area is 152 Å². The number of fused-ring (bicyclic) bond motifs is 1. The van der Waals surface area contributed by atoms with Crippen LogP contribution in [0.15, 0.2) is 59.3 Å². The second kappa shape index (κ2) is 6.33. The predicted octanol–water partition coefficient (Wildman–Crippen LogP) is 2.92. The number of nitrogens with one attached hydrogen (secondary N) is 1. The maximum Gasteiger partial charge on any atom is 0.244 e. The zero-order chi connectivity index (χ0) is 17.4. The molecule has 2 heterocycles. The van der Waals surface area contributed by atoms with E-state index in [1.165, 1.54) is 0 Å². The van der Waals surface area contributed by atoms with Crippen molar-refractivity contribution in [1.29, 1.82) is 0 Å². The van der Waals surface area contributed by atoms with Crippen LogP contribution in [0.3, 0.4) is 0 Å². The van der Waals surface area contributed by atoms with Crippen molar-refractivity contribution in [3.8, 4) is 0 Å². The molecule has 1 atom stereocenters. The Bertz CT molecular complexity index is 968. The minimum Gasteiger partial charge on any atom is -0.310 e. The topological polar surface area (TPSA) is 67.2 Å². The van der Waals surface area contributed by atoms with Crippen LogP contribution in [0.4, 0.5) is 5.69 Å². The van der Waals surface area contributed by atoms with Gasteiger partial charge in [0, 0.05) is 17.4 Å². The van der Waals surface area contributed by atoms with Crippen LogP contribution >= 0.6 is 15.9 Å². The SMILES string of the molecule is O=C(Nn1cnc2ccccc21)C1CC(=O)N(c2ccccc2Br)C1. The second-order valence-corrected chi connectivity index (χ2v) is 6.79. The van der Waals surface area contributed by atoms with Crippen LogP contribution in [0.1, 0.15) is 6.42 Å². The third-order valence-electron chi connectivity index (χ3n) is 4.32. The van der Waals surface area contributed by atoms with E-state index in [0.717, 1.165) is 21.2 Å². The van der Waals surface area contributed by atoms with E-state index in [0.29, 0.717) is 6.54 Å². The molecule has 0 radical (unpaired) electrons. The van der Waals surface area contributed by atoms with Crippen LogP contribution < -0.4 is 10.3 Å². The molecule has 126 valence electrons. The Hall–Kier alpha value is -2.67. The van der Waals surface area contributed by atoms with Crippen molar-refractivity contribution in [2.75, 3.05) is 16.9 Å². The molecule has 0 aliphatic carbocycles. The Morgan fingerprint density at radius 1 is 1.16 bits per heavy atom. The second-order valence-electron chi connectivity index (χ2n) is 5.94. The summed E-state index contributed by atoms with van der Waals surface area (Å²) in [5.41, 5.74) is 5.25. The van der Waals surface area contributed by atoms with Crippen molar-refractivity contribution in [3.05, 3.63) is 59.3 Å². The molecule has 0 spiro atoms. The number of hydrogen-bond donors (Lipinski definition) is 1. The molecule has 0 saturated carbocycles. The number of nitrogens with zero attached hydrogens (tertiary/aromatic N) is 3. The van der Waals surface area contributed by atoms with E-state index in [9.17, 15) is 9.59 Å². The van der Waals surface area contributed by atoms with Gasteiger partial charge in [-0.3, -0.25) is 15.0 Å². The van der Waals surface area contributed by atoms with E-state index < -0.39 is 5.92 Å². The highest BCUT2D eigenvalue weighted by molar-refractivity contribution is 9.10. The van der Waals surface area contributed by atoms with Crippen molar-refractivity contribution < 1.29 is 9.59 Å². The molecule has 1 unspecified atom stereocenters. The normalized spacial score (nSPS) is 17.2. The van der Waals surface area contributed by atoms with Gasteiger partial charge in [0.25, 0.3) is 0 Å². The van der Waals surface area contributed by atoms with Crippen molar-refractivity contribution in [3.63, 3.8) is 0 Å². The molecule has 6 nitrogen and oxygen atoms in total. The number of carbonyl (C=O) groups is 2. The summed E-state index contributed by atoms with van der Waals surface area (Å²) < 4.78 is 2.44. The lowest BCUT2D eigenvalue weighted by Gasteiger charge is -2.18. The number of rotatable bonds is 3. The summed E-state index contributed by atoms with van der Waals surface area (Å²) in [7, 11) is 0. The molecule has 2 amide bonds. The van der Waals surface area contributed by atoms with Gasteiger partial charge in [-0.2, -0.15) is 0 Å². The average molecular weight is 399 g/mol. The minimum absolute atomic E-state index is 0.0532. The smallest absolute Gasteiger partial charge is 0.244 e. The molecule has 0 bridgehead atoms. The molecule has 1 aromatic heterocycles. The summed E-state index contributed by atoms with van der Waals surface area (Å²) >= 11 is 3.46. The Balaban J connectivity index is 1.52. The Morgan fingerprint density at radius 2 is 1.92 bits per heavy atom. The summed E-state index contributed by atoms with van der Waals surface area (Å²) in [6.45, 7) is 0.361. The van der Waals surface area contributed by atoms with Gasteiger partial charge in [0.2, 0.25) is 11.8 Å². The molecule has 1 N–H and O–H groups in total. The number of aromatic nitrogens is 2. The average Bonchev–Trinajstić information content (AvgIpc) is 3.20. The number of benzene rings is 2. The fourth-order valence-corrected chi connectivity index (χ4v) is 3.54. The molecule has 2 aromatic carbocycles. The van der Waals surface area contributed by atoms with E-state index in [-0.39, 0.29) is 18.2 Å². The first-order valence-electron chi connectivity index (χ1n) is 7.91. The maximum atomic E-state index is 12.6. The summed E-state index contributed by atoms with van der Waals surface area (Å²) in [6, 6.07) is 15.1. The lowest BCUT2D eigenvalue weighted by Crippen LogP contribution is -2.31. The first-order chi connectivity index (χ1) is 12.1. The molecule has 1 aliphatic rings. The van der Waals surface area contributed by atoms with E-state index in [4.69, 9.17) is 0 Å². The highest BCUT2D eigenvalue weighted by Gasteiger charge is 2.36. The number of amides is 2. The first-order valence-corrected chi connectivity index (χ1v) is 8.70. The first kappa shape index (κ1) is 15.8. The number of para-hydroxylation sites is 3. The van der Waals surface area contributed by atoms with Crippen LogP contribution in [-0.4, -0.2) is 28.0 Å². The zero-order valence-corrected chi connectivity index (χ0v) is 14.8. The molecule has 1 saturated heterocycles. The number of halogens is 1. The van der Waals surface area contributed by atoms with Gasteiger partial charge < -0.3 is 4.90 Å². The molecule has 1 aliphatic heterocycles. The zero-order valence-electron chi connectivity index (χ0n) is 13.2. The van der Waals surface area contributed by atoms with Crippen molar-refractivity contribution in [2.24, 2.45) is 5.92 Å². The number of anilines is 1. The largest absolute Gasteiger partial charge is 0.310 e. The standard InChI is InChI=1S/C18H15BrN4O2/c19-13-5-1-3-7-15(13)22-10-12(9-17(22)24)18(25)21-23-11-20-14-6-2-4-8-16(14)23/h1-8,11-12H,9-10H2,(H,21,25). The monoisotopic (exact) mass is 398 g/mol. The summed E-state index contributed by atoms with van der Waals surface area (Å²) in [4.78, 5) is 30.9. The molecule has 1 fully saturated rings. The molecular weight excluding hydrogens is 384 g/mol. The van der Waals surface area contributed by atoms with Crippen LogP contribution in [0.2, 0.25) is 0 Å². The van der Waals surface area contributed by atoms with Crippen molar-refractivity contribution in [1.82, 2.24) is 9.66 Å². The highest BCUT2D eigenvalue weighted by atomic mass is 79.9. The van der Waals surface area contributed by atoms with E-state index in [2.05, 4.69) is 26.3 Å². The molecule has 4 rings (SSSR count). The molecule has 7 heteroatoms. The van der Waals surface area contributed by atoms with E-state index in [1.54, 1.807) is 15.9 Å². The lowest BCUT2D eigenvalue weighted by atomic mass is 10.1. The fraction of sp³-hybridized carbons (Fsp3) is 0.167. The number of hydrogen-bond acceptors (Lipinski definition) is 3. The quantitative estimate of drug-likeness (QED) is 0.737. The molecule has 3 aromatic rings.